The van der Waals surface area contributed by atoms with Crippen LogP contribution in [-0.2, 0) is 0 Å². The van der Waals surface area contributed by atoms with E-state index in [1.807, 2.05) is 6.07 Å². The van der Waals surface area contributed by atoms with Crippen molar-refractivity contribution >= 4 is 5.91 Å². The van der Waals surface area contributed by atoms with Gasteiger partial charge in [-0.2, -0.15) is 5.10 Å². The Hall–Kier alpha value is -2.21. The van der Waals surface area contributed by atoms with Crippen LogP contribution in [0.25, 0.3) is 5.69 Å². The number of amides is 1. The Morgan fingerprint density at radius 3 is 2.85 bits per heavy atom. The number of nitrogens with one attached hydrogen (secondary N) is 1. The Kier molecular flexibility index (Phi) is 3.85. The lowest BCUT2D eigenvalue weighted by Crippen LogP contribution is -2.46. The smallest absolute Gasteiger partial charge is 0.255 e. The van der Waals surface area contributed by atoms with Gasteiger partial charge in [0.1, 0.15) is 0 Å². The fourth-order valence-electron chi connectivity index (χ4n) is 1.72. The van der Waals surface area contributed by atoms with Crippen molar-refractivity contribution in [2.45, 2.75) is 26.3 Å². The van der Waals surface area contributed by atoms with Gasteiger partial charge < -0.3 is 10.4 Å². The van der Waals surface area contributed by atoms with E-state index in [4.69, 9.17) is 0 Å². The molecule has 0 radical (unpaired) electrons. The molecule has 0 unspecified atom stereocenters. The molecule has 2 aromatic heterocycles. The molecular formula is C14H18N4O2. The Morgan fingerprint density at radius 1 is 1.50 bits per heavy atom. The van der Waals surface area contributed by atoms with Crippen molar-refractivity contribution in [2.24, 2.45) is 0 Å². The molecule has 0 aliphatic heterocycles. The van der Waals surface area contributed by atoms with E-state index in [1.54, 1.807) is 50.1 Å². The number of carbonyl (C=O) groups excluding carboxylic acids is 1. The third-order valence-corrected chi connectivity index (χ3v) is 2.90. The third-order valence-electron chi connectivity index (χ3n) is 2.90. The topological polar surface area (TPSA) is 80.0 Å². The summed E-state index contributed by atoms with van der Waals surface area (Å²) in [6.45, 7) is 5.15. The summed E-state index contributed by atoms with van der Waals surface area (Å²) < 4.78 is 1.61. The van der Waals surface area contributed by atoms with Crippen LogP contribution in [-0.4, -0.2) is 37.9 Å². The lowest BCUT2D eigenvalue weighted by atomic mass is 10.1. The van der Waals surface area contributed by atoms with Gasteiger partial charge >= 0.3 is 0 Å². The standard InChI is InChI=1S/C14H18N4O2/c1-10-12(13(20)16-14(2,3)9-19)8-18(17-10)11-5-4-6-15-7-11/h4-8,19H,9H2,1-3H3,(H,16,20). The second-order valence-corrected chi connectivity index (χ2v) is 5.28. The number of aliphatic hydroxyl groups is 1. The Balaban J connectivity index is 2.26. The summed E-state index contributed by atoms with van der Waals surface area (Å²) in [6.07, 6.45) is 5.01. The van der Waals surface area contributed by atoms with Gasteiger partial charge in [-0.15, -0.1) is 0 Å². The normalized spacial score (nSPS) is 11.4. The number of rotatable bonds is 4. The Labute approximate surface area is 117 Å². The van der Waals surface area contributed by atoms with E-state index < -0.39 is 5.54 Å². The average molecular weight is 274 g/mol. The molecule has 0 bridgehead atoms. The first-order chi connectivity index (χ1) is 9.43. The highest BCUT2D eigenvalue weighted by molar-refractivity contribution is 5.95. The van der Waals surface area contributed by atoms with Crippen LogP contribution in [0.15, 0.2) is 30.7 Å². The molecule has 20 heavy (non-hydrogen) atoms. The first-order valence-electron chi connectivity index (χ1n) is 6.33. The first kappa shape index (κ1) is 14.2. The van der Waals surface area contributed by atoms with Crippen LogP contribution in [0, 0.1) is 6.92 Å². The highest BCUT2D eigenvalue weighted by Gasteiger charge is 2.22. The van der Waals surface area contributed by atoms with Crippen molar-refractivity contribution in [3.8, 4) is 5.69 Å². The van der Waals surface area contributed by atoms with E-state index >= 15 is 0 Å². The van der Waals surface area contributed by atoms with Gasteiger partial charge in [-0.3, -0.25) is 9.78 Å². The quantitative estimate of drug-likeness (QED) is 0.874. The van der Waals surface area contributed by atoms with E-state index in [-0.39, 0.29) is 12.5 Å². The van der Waals surface area contributed by atoms with E-state index in [9.17, 15) is 9.90 Å². The zero-order chi connectivity index (χ0) is 14.8. The molecule has 0 saturated carbocycles. The number of aromatic nitrogens is 3. The summed E-state index contributed by atoms with van der Waals surface area (Å²) in [6, 6.07) is 3.67. The highest BCUT2D eigenvalue weighted by Crippen LogP contribution is 2.12. The van der Waals surface area contributed by atoms with Gasteiger partial charge in [-0.05, 0) is 32.9 Å². The second kappa shape index (κ2) is 5.42. The van der Waals surface area contributed by atoms with E-state index in [0.29, 0.717) is 11.3 Å². The van der Waals surface area contributed by atoms with Gasteiger partial charge in [0, 0.05) is 12.4 Å². The minimum absolute atomic E-state index is 0.130. The maximum Gasteiger partial charge on any atom is 0.255 e. The molecule has 0 aromatic carbocycles. The summed E-state index contributed by atoms with van der Waals surface area (Å²) in [5, 5.41) is 16.3. The molecular weight excluding hydrogens is 256 g/mol. The predicted octanol–water partition coefficient (Wildman–Crippen LogP) is 1.08. The summed E-state index contributed by atoms with van der Waals surface area (Å²) in [5.74, 6) is -0.253. The second-order valence-electron chi connectivity index (χ2n) is 5.28. The third kappa shape index (κ3) is 3.03. The van der Waals surface area contributed by atoms with Crippen LogP contribution in [0.1, 0.15) is 29.9 Å². The predicted molar refractivity (Wildman–Crippen MR) is 74.7 cm³/mol. The lowest BCUT2D eigenvalue weighted by molar-refractivity contribution is 0.0868. The van der Waals surface area contributed by atoms with Crippen LogP contribution >= 0.6 is 0 Å². The zero-order valence-corrected chi connectivity index (χ0v) is 11.8. The van der Waals surface area contributed by atoms with Crippen molar-refractivity contribution < 1.29 is 9.90 Å². The van der Waals surface area contributed by atoms with Crippen LogP contribution in [0.3, 0.4) is 0 Å². The molecule has 0 aliphatic carbocycles. The van der Waals surface area contributed by atoms with Crippen molar-refractivity contribution in [3.05, 3.63) is 42.0 Å². The largest absolute Gasteiger partial charge is 0.394 e. The maximum atomic E-state index is 12.2. The van der Waals surface area contributed by atoms with Crippen LogP contribution in [0.5, 0.6) is 0 Å². The fourth-order valence-corrected chi connectivity index (χ4v) is 1.72. The molecule has 1 amide bonds. The Bertz CT molecular complexity index is 605. The molecule has 2 aromatic rings. The number of carbonyl (C=O) groups is 1. The molecule has 6 heteroatoms. The van der Waals surface area contributed by atoms with Crippen molar-refractivity contribution in [3.63, 3.8) is 0 Å². The van der Waals surface area contributed by atoms with Gasteiger partial charge in [0.25, 0.3) is 5.91 Å². The molecule has 2 heterocycles. The number of aryl methyl sites for hydroxylation is 1. The Morgan fingerprint density at radius 2 is 2.25 bits per heavy atom. The molecule has 106 valence electrons. The number of aliphatic hydroxyl groups excluding tert-OH is 1. The van der Waals surface area contributed by atoms with Gasteiger partial charge in [-0.25, -0.2) is 4.68 Å². The van der Waals surface area contributed by atoms with E-state index in [1.165, 1.54) is 0 Å². The van der Waals surface area contributed by atoms with Crippen LogP contribution in [0.2, 0.25) is 0 Å². The molecule has 0 atom stereocenters. The number of pyridine rings is 1. The molecule has 0 fully saturated rings. The van der Waals surface area contributed by atoms with Gasteiger partial charge in [0.15, 0.2) is 0 Å². The summed E-state index contributed by atoms with van der Waals surface area (Å²) in [7, 11) is 0. The summed E-state index contributed by atoms with van der Waals surface area (Å²) in [4.78, 5) is 16.2. The van der Waals surface area contributed by atoms with E-state index in [2.05, 4.69) is 15.4 Å². The molecule has 0 saturated heterocycles. The van der Waals surface area contributed by atoms with Crippen molar-refractivity contribution in [1.82, 2.24) is 20.1 Å². The molecule has 2 rings (SSSR count). The fraction of sp³-hybridized carbons (Fsp3) is 0.357. The van der Waals surface area contributed by atoms with Gasteiger partial charge in [0.2, 0.25) is 0 Å². The molecule has 2 N–H and O–H groups in total. The number of hydrogen-bond donors (Lipinski definition) is 2. The monoisotopic (exact) mass is 274 g/mol. The van der Waals surface area contributed by atoms with Crippen LogP contribution < -0.4 is 5.32 Å². The van der Waals surface area contributed by atoms with Crippen molar-refractivity contribution in [2.75, 3.05) is 6.61 Å². The SMILES string of the molecule is Cc1nn(-c2cccnc2)cc1C(=O)NC(C)(C)CO. The van der Waals surface area contributed by atoms with Crippen LogP contribution in [0.4, 0.5) is 0 Å². The average Bonchev–Trinajstić information content (AvgIpc) is 2.81. The zero-order valence-electron chi connectivity index (χ0n) is 11.8. The van der Waals surface area contributed by atoms with Gasteiger partial charge in [0.05, 0.1) is 35.3 Å². The summed E-state index contributed by atoms with van der Waals surface area (Å²) in [5.41, 5.74) is 1.23. The molecule has 0 spiro atoms. The lowest BCUT2D eigenvalue weighted by Gasteiger charge is -2.23. The number of nitrogens with zero attached hydrogens (tertiary/aromatic N) is 3. The minimum atomic E-state index is -0.667. The van der Waals surface area contributed by atoms with Gasteiger partial charge in [-0.1, -0.05) is 0 Å². The van der Waals surface area contributed by atoms with Crippen molar-refractivity contribution in [1.29, 1.82) is 0 Å². The maximum absolute atomic E-state index is 12.2. The summed E-state index contributed by atoms with van der Waals surface area (Å²) >= 11 is 0. The van der Waals surface area contributed by atoms with E-state index in [0.717, 1.165) is 5.69 Å². The highest BCUT2D eigenvalue weighted by atomic mass is 16.3. The minimum Gasteiger partial charge on any atom is -0.394 e. The first-order valence-corrected chi connectivity index (χ1v) is 6.33. The molecule has 0 aliphatic rings. The molecule has 6 nitrogen and oxygen atoms in total. The number of hydrogen-bond acceptors (Lipinski definition) is 4.